The first-order valence-corrected chi connectivity index (χ1v) is 8.29. The lowest BCUT2D eigenvalue weighted by Crippen LogP contribution is -2.06. The van der Waals surface area contributed by atoms with E-state index < -0.39 is 5.97 Å². The van der Waals surface area contributed by atoms with Crippen LogP contribution in [-0.2, 0) is 6.54 Å². The number of benzene rings is 3. The number of anilines is 1. The third-order valence-corrected chi connectivity index (χ3v) is 3.91. The third kappa shape index (κ3) is 3.91. The summed E-state index contributed by atoms with van der Waals surface area (Å²) in [6.45, 7) is 4.63. The zero-order chi connectivity index (χ0) is 17.8. The second-order valence-corrected chi connectivity index (χ2v) is 6.18. The van der Waals surface area contributed by atoms with Crippen molar-refractivity contribution in [2.24, 2.45) is 0 Å². The Balaban J connectivity index is 1.84. The fourth-order valence-electron chi connectivity index (χ4n) is 2.85. The van der Waals surface area contributed by atoms with E-state index in [1.54, 1.807) is 12.1 Å². The van der Waals surface area contributed by atoms with Crippen LogP contribution in [0.1, 0.15) is 29.8 Å². The molecule has 0 aliphatic rings. The monoisotopic (exact) mass is 335 g/mol. The average molecular weight is 335 g/mol. The van der Waals surface area contributed by atoms with Crippen LogP contribution in [0.25, 0.3) is 10.8 Å². The standard InChI is InChI=1S/C21H21NO3/c1-14(2)25-16-7-3-6-15(12-16)13-22-20-11-5-8-17-18(20)9-4-10-19(17)21(23)24/h3-12,14,22H,13H2,1-2H3,(H,23,24). The minimum absolute atomic E-state index is 0.135. The van der Waals surface area contributed by atoms with E-state index in [9.17, 15) is 9.90 Å². The Morgan fingerprint density at radius 3 is 2.52 bits per heavy atom. The fourth-order valence-corrected chi connectivity index (χ4v) is 2.85. The Kier molecular flexibility index (Phi) is 4.89. The molecule has 0 saturated carbocycles. The Morgan fingerprint density at radius 2 is 1.76 bits per heavy atom. The molecule has 2 N–H and O–H groups in total. The minimum Gasteiger partial charge on any atom is -0.491 e. The van der Waals surface area contributed by atoms with Gasteiger partial charge in [-0.2, -0.15) is 0 Å². The van der Waals surface area contributed by atoms with Crippen molar-refractivity contribution >= 4 is 22.4 Å². The van der Waals surface area contributed by atoms with Gasteiger partial charge in [-0.05, 0) is 49.1 Å². The summed E-state index contributed by atoms with van der Waals surface area (Å²) >= 11 is 0. The highest BCUT2D eigenvalue weighted by Gasteiger charge is 2.10. The largest absolute Gasteiger partial charge is 0.491 e. The van der Waals surface area contributed by atoms with E-state index in [0.717, 1.165) is 27.8 Å². The van der Waals surface area contributed by atoms with E-state index in [2.05, 4.69) is 5.32 Å². The fraction of sp³-hybridized carbons (Fsp3) is 0.190. The molecule has 0 atom stereocenters. The Hall–Kier alpha value is -3.01. The van der Waals surface area contributed by atoms with Crippen LogP contribution in [0.4, 0.5) is 5.69 Å². The maximum absolute atomic E-state index is 11.4. The predicted octanol–water partition coefficient (Wildman–Crippen LogP) is 4.94. The van der Waals surface area contributed by atoms with E-state index in [0.29, 0.717) is 12.1 Å². The number of ether oxygens (including phenoxy) is 1. The molecule has 0 amide bonds. The zero-order valence-corrected chi connectivity index (χ0v) is 14.3. The molecule has 0 aromatic heterocycles. The lowest BCUT2D eigenvalue weighted by molar-refractivity contribution is 0.0699. The van der Waals surface area contributed by atoms with Gasteiger partial charge in [-0.25, -0.2) is 4.79 Å². The second-order valence-electron chi connectivity index (χ2n) is 6.18. The maximum atomic E-state index is 11.4. The van der Waals surface area contributed by atoms with E-state index >= 15 is 0 Å². The van der Waals surface area contributed by atoms with Crippen molar-refractivity contribution in [3.8, 4) is 5.75 Å². The van der Waals surface area contributed by atoms with Crippen molar-refractivity contribution in [2.45, 2.75) is 26.5 Å². The molecule has 0 aliphatic carbocycles. The van der Waals surface area contributed by atoms with Gasteiger partial charge in [0.2, 0.25) is 0 Å². The first-order valence-electron chi connectivity index (χ1n) is 8.29. The van der Waals surface area contributed by atoms with Gasteiger partial charge in [0, 0.05) is 17.6 Å². The van der Waals surface area contributed by atoms with Gasteiger partial charge in [-0.1, -0.05) is 36.4 Å². The zero-order valence-electron chi connectivity index (χ0n) is 14.3. The van der Waals surface area contributed by atoms with Crippen LogP contribution in [0.2, 0.25) is 0 Å². The van der Waals surface area contributed by atoms with Crippen molar-refractivity contribution in [1.29, 1.82) is 0 Å². The van der Waals surface area contributed by atoms with Crippen molar-refractivity contribution in [2.75, 3.05) is 5.32 Å². The highest BCUT2D eigenvalue weighted by atomic mass is 16.5. The van der Waals surface area contributed by atoms with E-state index in [4.69, 9.17) is 4.74 Å². The lowest BCUT2D eigenvalue weighted by Gasteiger charge is -2.13. The molecule has 0 spiro atoms. The summed E-state index contributed by atoms with van der Waals surface area (Å²) in [4.78, 5) is 11.4. The number of hydrogen-bond donors (Lipinski definition) is 2. The van der Waals surface area contributed by atoms with Gasteiger partial charge in [0.25, 0.3) is 0 Å². The lowest BCUT2D eigenvalue weighted by atomic mass is 10.0. The van der Waals surface area contributed by atoms with Crippen LogP contribution in [0.15, 0.2) is 60.7 Å². The minimum atomic E-state index is -0.915. The number of aromatic carboxylic acids is 1. The number of carboxylic acids is 1. The molecule has 0 unspecified atom stereocenters. The molecule has 0 aliphatic heterocycles. The summed E-state index contributed by atoms with van der Waals surface area (Å²) in [6, 6.07) is 19.0. The highest BCUT2D eigenvalue weighted by Crippen LogP contribution is 2.27. The molecule has 0 fully saturated rings. The first kappa shape index (κ1) is 16.8. The molecular weight excluding hydrogens is 314 g/mol. The molecule has 0 heterocycles. The van der Waals surface area contributed by atoms with Gasteiger partial charge < -0.3 is 15.2 Å². The number of carbonyl (C=O) groups is 1. The summed E-state index contributed by atoms with van der Waals surface area (Å²) in [5, 5.41) is 14.4. The molecule has 4 nitrogen and oxygen atoms in total. The molecule has 0 saturated heterocycles. The van der Waals surface area contributed by atoms with Gasteiger partial charge >= 0.3 is 5.97 Å². The number of fused-ring (bicyclic) bond motifs is 1. The Morgan fingerprint density at radius 1 is 1.04 bits per heavy atom. The molecule has 4 heteroatoms. The van der Waals surface area contributed by atoms with Crippen LogP contribution >= 0.6 is 0 Å². The Bertz CT molecular complexity index is 903. The van der Waals surface area contributed by atoms with Gasteiger partial charge in [0.05, 0.1) is 11.7 Å². The Labute approximate surface area is 147 Å². The summed E-state index contributed by atoms with van der Waals surface area (Å²) in [5.74, 6) is -0.0679. The van der Waals surface area contributed by atoms with E-state index in [-0.39, 0.29) is 6.10 Å². The molecule has 0 radical (unpaired) electrons. The molecule has 3 aromatic rings. The second kappa shape index (κ2) is 7.26. The summed E-state index contributed by atoms with van der Waals surface area (Å²) in [7, 11) is 0. The normalized spacial score (nSPS) is 10.8. The summed E-state index contributed by atoms with van der Waals surface area (Å²) in [6.07, 6.45) is 0.135. The SMILES string of the molecule is CC(C)Oc1cccc(CNc2cccc3c(C(=O)O)cccc23)c1. The van der Waals surface area contributed by atoms with Gasteiger partial charge in [0.15, 0.2) is 0 Å². The van der Waals surface area contributed by atoms with Crippen molar-refractivity contribution in [1.82, 2.24) is 0 Å². The van der Waals surface area contributed by atoms with Crippen molar-refractivity contribution in [3.63, 3.8) is 0 Å². The summed E-state index contributed by atoms with van der Waals surface area (Å²) in [5.41, 5.74) is 2.33. The van der Waals surface area contributed by atoms with Gasteiger partial charge in [-0.15, -0.1) is 0 Å². The van der Waals surface area contributed by atoms with Crippen molar-refractivity contribution < 1.29 is 14.6 Å². The average Bonchev–Trinajstić information content (AvgIpc) is 2.59. The highest BCUT2D eigenvalue weighted by molar-refractivity contribution is 6.07. The molecular formula is C21H21NO3. The molecule has 3 rings (SSSR count). The number of rotatable bonds is 6. The van der Waals surface area contributed by atoms with Gasteiger partial charge in [-0.3, -0.25) is 0 Å². The van der Waals surface area contributed by atoms with Crippen LogP contribution in [0.3, 0.4) is 0 Å². The topological polar surface area (TPSA) is 58.6 Å². The summed E-state index contributed by atoms with van der Waals surface area (Å²) < 4.78 is 5.73. The predicted molar refractivity (Wildman–Crippen MR) is 100 cm³/mol. The van der Waals surface area contributed by atoms with Crippen LogP contribution < -0.4 is 10.1 Å². The number of carboxylic acid groups (broad SMARTS) is 1. The molecule has 128 valence electrons. The smallest absolute Gasteiger partial charge is 0.336 e. The number of nitrogens with one attached hydrogen (secondary N) is 1. The maximum Gasteiger partial charge on any atom is 0.336 e. The third-order valence-electron chi connectivity index (χ3n) is 3.91. The van der Waals surface area contributed by atoms with E-state index in [1.807, 2.05) is 62.4 Å². The number of hydrogen-bond acceptors (Lipinski definition) is 3. The molecule has 3 aromatic carbocycles. The van der Waals surface area contributed by atoms with Crippen molar-refractivity contribution in [3.05, 3.63) is 71.8 Å². The van der Waals surface area contributed by atoms with Crippen LogP contribution in [0.5, 0.6) is 5.75 Å². The quantitative estimate of drug-likeness (QED) is 0.670. The molecule has 0 bridgehead atoms. The molecule has 25 heavy (non-hydrogen) atoms. The van der Waals surface area contributed by atoms with Gasteiger partial charge in [0.1, 0.15) is 5.75 Å². The van der Waals surface area contributed by atoms with Crippen LogP contribution in [-0.4, -0.2) is 17.2 Å². The van der Waals surface area contributed by atoms with Crippen LogP contribution in [0, 0.1) is 0 Å². The van der Waals surface area contributed by atoms with E-state index in [1.165, 1.54) is 0 Å². The first-order chi connectivity index (χ1) is 12.0.